The SMILES string of the molecule is COc1cc(C(C)N(C)CCC2C=C(OS(=O)(=O)C(F)(F)F)c3ccccc3O2)ccc1F. The summed E-state index contributed by atoms with van der Waals surface area (Å²) >= 11 is 0. The zero-order valence-electron chi connectivity index (χ0n) is 18.1. The van der Waals surface area contributed by atoms with Gasteiger partial charge in [0.1, 0.15) is 11.9 Å². The maximum atomic E-state index is 13.7. The van der Waals surface area contributed by atoms with Crippen molar-refractivity contribution in [2.45, 2.75) is 31.0 Å². The normalized spacial score (nSPS) is 17.1. The summed E-state index contributed by atoms with van der Waals surface area (Å²) < 4.78 is 90.6. The van der Waals surface area contributed by atoms with E-state index in [-0.39, 0.29) is 23.1 Å². The van der Waals surface area contributed by atoms with E-state index in [4.69, 9.17) is 9.47 Å². The monoisotopic (exact) mass is 489 g/mol. The molecule has 0 saturated carbocycles. The summed E-state index contributed by atoms with van der Waals surface area (Å²) in [5.74, 6) is -0.568. The van der Waals surface area contributed by atoms with Gasteiger partial charge in [-0.1, -0.05) is 18.2 Å². The summed E-state index contributed by atoms with van der Waals surface area (Å²) in [6.45, 7) is 2.34. The van der Waals surface area contributed by atoms with Gasteiger partial charge in [0.15, 0.2) is 17.3 Å². The van der Waals surface area contributed by atoms with E-state index in [2.05, 4.69) is 4.18 Å². The molecule has 2 aromatic rings. The summed E-state index contributed by atoms with van der Waals surface area (Å²) in [6.07, 6.45) is 0.827. The van der Waals surface area contributed by atoms with Gasteiger partial charge in [-0.25, -0.2) is 4.39 Å². The topological polar surface area (TPSA) is 65.1 Å². The Kier molecular flexibility index (Phi) is 7.23. The highest BCUT2D eigenvalue weighted by Crippen LogP contribution is 2.37. The summed E-state index contributed by atoms with van der Waals surface area (Å²) in [4.78, 5) is 1.94. The van der Waals surface area contributed by atoms with Gasteiger partial charge in [-0.05, 0) is 43.8 Å². The zero-order chi connectivity index (χ0) is 24.4. The molecule has 1 aliphatic rings. The Morgan fingerprint density at radius 1 is 1.18 bits per heavy atom. The van der Waals surface area contributed by atoms with E-state index in [0.29, 0.717) is 13.0 Å². The molecule has 0 aliphatic carbocycles. The van der Waals surface area contributed by atoms with Crippen molar-refractivity contribution in [2.75, 3.05) is 20.7 Å². The fourth-order valence-electron chi connectivity index (χ4n) is 3.32. The Morgan fingerprint density at radius 2 is 1.88 bits per heavy atom. The van der Waals surface area contributed by atoms with Gasteiger partial charge in [0.2, 0.25) is 0 Å². The van der Waals surface area contributed by atoms with E-state index in [1.54, 1.807) is 18.2 Å². The van der Waals surface area contributed by atoms with Crippen molar-refractivity contribution >= 4 is 15.9 Å². The molecule has 0 amide bonds. The molecule has 0 spiro atoms. The number of fused-ring (bicyclic) bond motifs is 1. The number of hydrogen-bond donors (Lipinski definition) is 0. The number of nitrogens with zero attached hydrogens (tertiary/aromatic N) is 1. The number of rotatable bonds is 8. The Morgan fingerprint density at radius 3 is 2.55 bits per heavy atom. The molecule has 0 fully saturated rings. The number of para-hydroxylation sites is 1. The van der Waals surface area contributed by atoms with Crippen molar-refractivity contribution < 1.29 is 39.6 Å². The maximum absolute atomic E-state index is 13.7. The molecule has 0 saturated heterocycles. The maximum Gasteiger partial charge on any atom is 0.534 e. The largest absolute Gasteiger partial charge is 0.534 e. The number of ether oxygens (including phenoxy) is 2. The van der Waals surface area contributed by atoms with Crippen molar-refractivity contribution in [1.29, 1.82) is 0 Å². The third-order valence-electron chi connectivity index (χ3n) is 5.34. The van der Waals surface area contributed by atoms with Crippen LogP contribution >= 0.6 is 0 Å². The molecule has 11 heteroatoms. The van der Waals surface area contributed by atoms with E-state index in [0.717, 1.165) is 5.56 Å². The quantitative estimate of drug-likeness (QED) is 0.299. The van der Waals surface area contributed by atoms with Gasteiger partial charge >= 0.3 is 15.6 Å². The zero-order valence-corrected chi connectivity index (χ0v) is 18.9. The number of halogens is 4. The molecule has 0 bridgehead atoms. The smallest absolute Gasteiger partial charge is 0.494 e. The van der Waals surface area contributed by atoms with Crippen LogP contribution in [-0.4, -0.2) is 45.6 Å². The van der Waals surface area contributed by atoms with E-state index < -0.39 is 33.3 Å². The van der Waals surface area contributed by atoms with E-state index in [1.165, 1.54) is 37.5 Å². The summed E-state index contributed by atoms with van der Waals surface area (Å²) in [5, 5.41) is 0. The molecule has 3 rings (SSSR count). The van der Waals surface area contributed by atoms with Crippen LogP contribution in [0.4, 0.5) is 17.6 Å². The molecule has 6 nitrogen and oxygen atoms in total. The fourth-order valence-corrected chi connectivity index (χ4v) is 3.80. The van der Waals surface area contributed by atoms with E-state index in [1.807, 2.05) is 18.9 Å². The molecular formula is C22H23F4NO5S. The lowest BCUT2D eigenvalue weighted by atomic mass is 10.0. The summed E-state index contributed by atoms with van der Waals surface area (Å²) in [7, 11) is -2.63. The van der Waals surface area contributed by atoms with Crippen molar-refractivity contribution in [2.24, 2.45) is 0 Å². The standard InChI is InChI=1S/C22H23F4NO5S/c1-14(15-8-9-18(23)21(12-15)30-3)27(2)11-10-16-13-20(32-33(28,29)22(24,25)26)17-6-4-5-7-19(17)31-16/h4-9,12-14,16H,10-11H2,1-3H3. The lowest BCUT2D eigenvalue weighted by molar-refractivity contribution is -0.0510. The predicted octanol–water partition coefficient (Wildman–Crippen LogP) is 4.89. The van der Waals surface area contributed by atoms with Crippen molar-refractivity contribution in [3.8, 4) is 11.5 Å². The van der Waals surface area contributed by atoms with Gasteiger partial charge in [0.05, 0.1) is 12.7 Å². The highest BCUT2D eigenvalue weighted by Gasteiger charge is 2.49. The predicted molar refractivity (Wildman–Crippen MR) is 114 cm³/mol. The van der Waals surface area contributed by atoms with Crippen LogP contribution in [0.1, 0.15) is 30.5 Å². The Balaban J connectivity index is 1.75. The van der Waals surface area contributed by atoms with Crippen molar-refractivity contribution in [1.82, 2.24) is 4.90 Å². The first-order valence-corrected chi connectivity index (χ1v) is 11.4. The number of benzene rings is 2. The van der Waals surface area contributed by atoms with Crippen LogP contribution in [0, 0.1) is 5.82 Å². The molecule has 180 valence electrons. The highest BCUT2D eigenvalue weighted by atomic mass is 32.2. The first-order valence-electron chi connectivity index (χ1n) is 9.95. The van der Waals surface area contributed by atoms with E-state index >= 15 is 0 Å². The minimum Gasteiger partial charge on any atom is -0.494 e. The molecule has 2 aromatic carbocycles. The molecule has 2 unspecified atom stereocenters. The van der Waals surface area contributed by atoms with Crippen LogP contribution in [0.25, 0.3) is 5.76 Å². The molecule has 2 atom stereocenters. The van der Waals surface area contributed by atoms with E-state index in [9.17, 15) is 26.0 Å². The highest BCUT2D eigenvalue weighted by molar-refractivity contribution is 7.87. The summed E-state index contributed by atoms with van der Waals surface area (Å²) in [5.41, 5.74) is -4.63. The Bertz CT molecular complexity index is 1130. The molecule has 1 heterocycles. The van der Waals surface area contributed by atoms with Crippen molar-refractivity contribution in [3.63, 3.8) is 0 Å². The van der Waals surface area contributed by atoms with Gasteiger partial charge < -0.3 is 13.7 Å². The first-order chi connectivity index (χ1) is 15.4. The number of hydrogen-bond acceptors (Lipinski definition) is 6. The second-order valence-electron chi connectivity index (χ2n) is 7.51. The van der Waals surface area contributed by atoms with Crippen LogP contribution in [0.2, 0.25) is 0 Å². The number of alkyl halides is 3. The average Bonchev–Trinajstić information content (AvgIpc) is 2.76. The van der Waals surface area contributed by atoms with Gasteiger partial charge in [-0.2, -0.15) is 21.6 Å². The van der Waals surface area contributed by atoms with Crippen LogP contribution in [0.3, 0.4) is 0 Å². The third-order valence-corrected chi connectivity index (χ3v) is 6.30. The lowest BCUT2D eigenvalue weighted by Crippen LogP contribution is -2.30. The summed E-state index contributed by atoms with van der Waals surface area (Å²) in [6, 6.07) is 10.5. The molecule has 0 radical (unpaired) electrons. The van der Waals surface area contributed by atoms with Crippen LogP contribution in [0.5, 0.6) is 11.5 Å². The molecule has 0 aromatic heterocycles. The van der Waals surface area contributed by atoms with Crippen molar-refractivity contribution in [3.05, 3.63) is 65.5 Å². The average molecular weight is 489 g/mol. The molecule has 33 heavy (non-hydrogen) atoms. The second-order valence-corrected chi connectivity index (χ2v) is 9.04. The minimum absolute atomic E-state index is 0.113. The lowest BCUT2D eigenvalue weighted by Gasteiger charge is -2.29. The van der Waals surface area contributed by atoms with Gasteiger partial charge in [0.25, 0.3) is 0 Å². The number of methoxy groups -OCH3 is 1. The molecule has 1 aliphatic heterocycles. The van der Waals surface area contributed by atoms with Gasteiger partial charge in [0, 0.05) is 25.1 Å². The fraction of sp³-hybridized carbons (Fsp3) is 0.364. The Hall–Kier alpha value is -2.79. The Labute approximate surface area is 189 Å². The molecule has 0 N–H and O–H groups in total. The van der Waals surface area contributed by atoms with Crippen LogP contribution < -0.4 is 9.47 Å². The van der Waals surface area contributed by atoms with Gasteiger partial charge in [-0.15, -0.1) is 0 Å². The molecular weight excluding hydrogens is 466 g/mol. The van der Waals surface area contributed by atoms with Gasteiger partial charge in [-0.3, -0.25) is 4.90 Å². The van der Waals surface area contributed by atoms with Crippen LogP contribution in [0.15, 0.2) is 48.5 Å². The third kappa shape index (κ3) is 5.59. The first kappa shape index (κ1) is 24.8. The van der Waals surface area contributed by atoms with Crippen LogP contribution in [-0.2, 0) is 14.3 Å². The minimum atomic E-state index is -5.83. The second kappa shape index (κ2) is 9.60.